The molecule has 0 bridgehead atoms. The van der Waals surface area contributed by atoms with Gasteiger partial charge in [-0.2, -0.15) is 0 Å². The van der Waals surface area contributed by atoms with Crippen LogP contribution >= 0.6 is 0 Å². The number of nitrogen functional groups attached to an aromatic ring is 1. The van der Waals surface area contributed by atoms with Gasteiger partial charge in [0.1, 0.15) is 5.82 Å². The third kappa shape index (κ3) is 4.16. The van der Waals surface area contributed by atoms with E-state index in [0.29, 0.717) is 6.42 Å². The fourth-order valence-corrected chi connectivity index (χ4v) is 3.13. The SMILES string of the molecule is Cc1c(N)cc(S(=O)(=O)NC(CO)CC(C)C)cc1F. The van der Waals surface area contributed by atoms with Crippen molar-refractivity contribution in [1.82, 2.24) is 4.72 Å². The lowest BCUT2D eigenvalue weighted by molar-refractivity contribution is 0.240. The molecule has 0 saturated carbocycles. The van der Waals surface area contributed by atoms with Crippen LogP contribution in [0.25, 0.3) is 0 Å². The van der Waals surface area contributed by atoms with Crippen LogP contribution in [-0.2, 0) is 10.0 Å². The highest BCUT2D eigenvalue weighted by atomic mass is 32.2. The van der Waals surface area contributed by atoms with E-state index in [1.54, 1.807) is 0 Å². The monoisotopic (exact) mass is 304 g/mol. The quantitative estimate of drug-likeness (QED) is 0.693. The highest BCUT2D eigenvalue weighted by Gasteiger charge is 2.22. The summed E-state index contributed by atoms with van der Waals surface area (Å²) in [4.78, 5) is -0.236. The third-order valence-corrected chi connectivity index (χ3v) is 4.47. The number of aliphatic hydroxyl groups excluding tert-OH is 1. The standard InChI is InChI=1S/C13H21FN2O3S/c1-8(2)4-10(7-17)16-20(18,19)11-5-12(14)9(3)13(15)6-11/h5-6,8,10,16-17H,4,7,15H2,1-3H3. The number of nitrogens with two attached hydrogens (primary N) is 1. The Bertz CT molecular complexity index is 550. The van der Waals surface area contributed by atoms with Gasteiger partial charge in [0.2, 0.25) is 10.0 Å². The minimum atomic E-state index is -3.91. The molecule has 5 nitrogen and oxygen atoms in total. The highest BCUT2D eigenvalue weighted by molar-refractivity contribution is 7.89. The Morgan fingerprint density at radius 2 is 2.00 bits per heavy atom. The Morgan fingerprint density at radius 1 is 1.40 bits per heavy atom. The summed E-state index contributed by atoms with van der Waals surface area (Å²) in [5, 5.41) is 9.21. The molecule has 7 heteroatoms. The first-order valence-electron chi connectivity index (χ1n) is 6.36. The summed E-state index contributed by atoms with van der Waals surface area (Å²) in [5.74, 6) is -0.454. The molecule has 1 aromatic rings. The van der Waals surface area contributed by atoms with Crippen molar-refractivity contribution in [3.8, 4) is 0 Å². The number of aliphatic hydroxyl groups is 1. The zero-order chi connectivity index (χ0) is 15.5. The van der Waals surface area contributed by atoms with Gasteiger partial charge in [-0.05, 0) is 31.4 Å². The summed E-state index contributed by atoms with van der Waals surface area (Å²) in [5.41, 5.74) is 5.87. The van der Waals surface area contributed by atoms with Crippen molar-refractivity contribution in [1.29, 1.82) is 0 Å². The van der Waals surface area contributed by atoms with Gasteiger partial charge in [-0.15, -0.1) is 0 Å². The van der Waals surface area contributed by atoms with E-state index >= 15 is 0 Å². The number of nitrogens with one attached hydrogen (secondary N) is 1. The smallest absolute Gasteiger partial charge is 0.241 e. The lowest BCUT2D eigenvalue weighted by Crippen LogP contribution is -2.38. The number of hydrogen-bond acceptors (Lipinski definition) is 4. The first-order valence-corrected chi connectivity index (χ1v) is 7.84. The maximum absolute atomic E-state index is 13.6. The molecule has 0 amide bonds. The Balaban J connectivity index is 3.05. The first-order chi connectivity index (χ1) is 9.17. The van der Waals surface area contributed by atoms with Crippen LogP contribution in [0.2, 0.25) is 0 Å². The summed E-state index contributed by atoms with van der Waals surface area (Å²) in [7, 11) is -3.91. The molecule has 1 rings (SSSR count). The predicted molar refractivity (Wildman–Crippen MR) is 76.2 cm³/mol. The fraction of sp³-hybridized carbons (Fsp3) is 0.538. The Hall–Kier alpha value is -1.18. The maximum atomic E-state index is 13.6. The second-order valence-corrected chi connectivity index (χ2v) is 6.96. The number of sulfonamides is 1. The minimum absolute atomic E-state index is 0.0785. The van der Waals surface area contributed by atoms with Crippen LogP contribution in [0.5, 0.6) is 0 Å². The van der Waals surface area contributed by atoms with E-state index in [1.165, 1.54) is 13.0 Å². The zero-order valence-corrected chi connectivity index (χ0v) is 12.7. The molecule has 0 aliphatic heterocycles. The molecule has 0 aliphatic carbocycles. The lowest BCUT2D eigenvalue weighted by Gasteiger charge is -2.18. The summed E-state index contributed by atoms with van der Waals surface area (Å²) in [6, 6.07) is 1.54. The number of halogens is 1. The molecular formula is C13H21FN2O3S. The maximum Gasteiger partial charge on any atom is 0.241 e. The van der Waals surface area contributed by atoms with Crippen LogP contribution in [0.1, 0.15) is 25.8 Å². The first kappa shape index (κ1) is 16.9. The number of benzene rings is 1. The predicted octanol–water partition coefficient (Wildman–Crippen LogP) is 1.40. The van der Waals surface area contributed by atoms with E-state index in [1.807, 2.05) is 13.8 Å². The van der Waals surface area contributed by atoms with Gasteiger partial charge in [-0.3, -0.25) is 0 Å². The topological polar surface area (TPSA) is 92.4 Å². The number of anilines is 1. The molecule has 1 aromatic carbocycles. The molecule has 0 aromatic heterocycles. The molecule has 0 heterocycles. The molecule has 4 N–H and O–H groups in total. The Labute approximate surface area is 119 Å². The van der Waals surface area contributed by atoms with E-state index in [0.717, 1.165) is 6.07 Å². The third-order valence-electron chi connectivity index (χ3n) is 2.97. The van der Waals surface area contributed by atoms with Crippen molar-refractivity contribution in [3.63, 3.8) is 0 Å². The van der Waals surface area contributed by atoms with Gasteiger partial charge in [-0.1, -0.05) is 13.8 Å². The van der Waals surface area contributed by atoms with Crippen LogP contribution in [0, 0.1) is 18.7 Å². The summed E-state index contributed by atoms with van der Waals surface area (Å²) in [6.07, 6.45) is 0.486. The number of rotatable bonds is 6. The van der Waals surface area contributed by atoms with Gasteiger partial charge < -0.3 is 10.8 Å². The molecule has 0 spiro atoms. The lowest BCUT2D eigenvalue weighted by atomic mass is 10.1. The van der Waals surface area contributed by atoms with E-state index in [-0.39, 0.29) is 28.7 Å². The molecular weight excluding hydrogens is 283 g/mol. The van der Waals surface area contributed by atoms with Crippen molar-refractivity contribution in [3.05, 3.63) is 23.5 Å². The average molecular weight is 304 g/mol. The van der Waals surface area contributed by atoms with E-state index in [2.05, 4.69) is 4.72 Å². The van der Waals surface area contributed by atoms with Crippen LogP contribution in [0.15, 0.2) is 17.0 Å². The average Bonchev–Trinajstić information content (AvgIpc) is 2.33. The second-order valence-electron chi connectivity index (χ2n) is 5.25. The minimum Gasteiger partial charge on any atom is -0.398 e. The highest BCUT2D eigenvalue weighted by Crippen LogP contribution is 2.21. The molecule has 0 saturated heterocycles. The Morgan fingerprint density at radius 3 is 2.45 bits per heavy atom. The Kier molecular flexibility index (Phi) is 5.50. The molecule has 0 aliphatic rings. The van der Waals surface area contributed by atoms with Gasteiger partial charge in [0.15, 0.2) is 0 Å². The molecule has 1 unspecified atom stereocenters. The van der Waals surface area contributed by atoms with Crippen molar-refractivity contribution >= 4 is 15.7 Å². The van der Waals surface area contributed by atoms with Gasteiger partial charge in [0, 0.05) is 17.3 Å². The molecule has 1 atom stereocenters. The van der Waals surface area contributed by atoms with Crippen molar-refractivity contribution < 1.29 is 17.9 Å². The van der Waals surface area contributed by atoms with Crippen LogP contribution < -0.4 is 10.5 Å². The molecule has 0 fully saturated rings. The van der Waals surface area contributed by atoms with Crippen LogP contribution in [0.4, 0.5) is 10.1 Å². The fourth-order valence-electron chi connectivity index (χ4n) is 1.85. The normalized spacial score (nSPS) is 13.7. The molecule has 20 heavy (non-hydrogen) atoms. The van der Waals surface area contributed by atoms with Crippen molar-refractivity contribution in [2.24, 2.45) is 5.92 Å². The van der Waals surface area contributed by atoms with Gasteiger partial charge in [0.05, 0.1) is 11.5 Å². The summed E-state index contributed by atoms with van der Waals surface area (Å²) < 4.78 is 40.3. The van der Waals surface area contributed by atoms with Crippen LogP contribution in [-0.4, -0.2) is 26.2 Å². The molecule has 114 valence electrons. The van der Waals surface area contributed by atoms with Gasteiger partial charge in [0.25, 0.3) is 0 Å². The van der Waals surface area contributed by atoms with Crippen LogP contribution in [0.3, 0.4) is 0 Å². The van der Waals surface area contributed by atoms with Gasteiger partial charge in [-0.25, -0.2) is 17.5 Å². The molecule has 0 radical (unpaired) electrons. The second kappa shape index (κ2) is 6.51. The summed E-state index contributed by atoms with van der Waals surface area (Å²) in [6.45, 7) is 4.99. The number of hydrogen-bond donors (Lipinski definition) is 3. The van der Waals surface area contributed by atoms with E-state index < -0.39 is 21.9 Å². The van der Waals surface area contributed by atoms with E-state index in [4.69, 9.17) is 5.73 Å². The van der Waals surface area contributed by atoms with E-state index in [9.17, 15) is 17.9 Å². The van der Waals surface area contributed by atoms with Crippen molar-refractivity contribution in [2.45, 2.75) is 38.1 Å². The van der Waals surface area contributed by atoms with Gasteiger partial charge >= 0.3 is 0 Å². The largest absolute Gasteiger partial charge is 0.398 e. The van der Waals surface area contributed by atoms with Crippen molar-refractivity contribution in [2.75, 3.05) is 12.3 Å². The zero-order valence-electron chi connectivity index (χ0n) is 11.9. The summed E-state index contributed by atoms with van der Waals surface area (Å²) >= 11 is 0.